The van der Waals surface area contributed by atoms with Gasteiger partial charge in [-0.25, -0.2) is 4.98 Å². The molecule has 0 saturated carbocycles. The van der Waals surface area contributed by atoms with Gasteiger partial charge in [0.05, 0.1) is 6.54 Å². The molecule has 1 atom stereocenters. The molecule has 7 heteroatoms. The first-order chi connectivity index (χ1) is 7.66. The second-order valence-electron chi connectivity index (χ2n) is 4.12. The predicted octanol–water partition coefficient (Wildman–Crippen LogP) is 1.49. The lowest BCUT2D eigenvalue weighted by Crippen LogP contribution is -2.48. The number of nitrogens with zero attached hydrogens (tertiary/aromatic N) is 3. The molecule has 17 heavy (non-hydrogen) atoms. The normalized spacial score (nSPS) is 21.5. The Bertz CT molecular complexity index is 345. The Morgan fingerprint density at radius 1 is 1.59 bits per heavy atom. The van der Waals surface area contributed by atoms with Crippen molar-refractivity contribution in [2.45, 2.75) is 26.1 Å². The van der Waals surface area contributed by atoms with Crippen LogP contribution in [0.3, 0.4) is 0 Å². The summed E-state index contributed by atoms with van der Waals surface area (Å²) in [4.78, 5) is 6.12. The largest absolute Gasteiger partial charge is 0.319 e. The molecular formula is C10H17ClF2N4. The highest BCUT2D eigenvalue weighted by Crippen LogP contribution is 2.14. The molecule has 1 aromatic heterocycles. The van der Waals surface area contributed by atoms with Gasteiger partial charge in [-0.15, -0.1) is 12.4 Å². The lowest BCUT2D eigenvalue weighted by atomic mass is 10.2. The maximum atomic E-state index is 12.6. The van der Waals surface area contributed by atoms with Crippen LogP contribution in [0.5, 0.6) is 0 Å². The van der Waals surface area contributed by atoms with Crippen LogP contribution in [0.2, 0.25) is 0 Å². The highest BCUT2D eigenvalue weighted by atomic mass is 35.5. The second-order valence-corrected chi connectivity index (χ2v) is 4.12. The molecule has 0 unspecified atom stereocenters. The first kappa shape index (κ1) is 14.3. The fourth-order valence-electron chi connectivity index (χ4n) is 2.00. The smallest absolute Gasteiger partial charge is 0.312 e. The lowest BCUT2D eigenvalue weighted by molar-refractivity contribution is 0.0629. The fourth-order valence-corrected chi connectivity index (χ4v) is 2.00. The summed E-state index contributed by atoms with van der Waals surface area (Å²) < 4.78 is 26.1. The molecule has 0 amide bonds. The zero-order chi connectivity index (χ0) is 11.5. The van der Waals surface area contributed by atoms with Gasteiger partial charge in [0.1, 0.15) is 5.82 Å². The van der Waals surface area contributed by atoms with E-state index < -0.39 is 6.55 Å². The Kier molecular flexibility index (Phi) is 5.30. The van der Waals surface area contributed by atoms with Crippen molar-refractivity contribution >= 4 is 12.4 Å². The predicted molar refractivity (Wildman–Crippen MR) is 63.5 cm³/mol. The standard InChI is InChI=1S/C10H16F2N4.ClH/c1-8-6-15(4-2-13-8)7-9-14-3-5-16(9)10(11)12;/h3,5,8,10,13H,2,4,6-7H2,1H3;1H/t8-;/m0./s1. The zero-order valence-corrected chi connectivity index (χ0v) is 10.5. The number of hydrogen-bond donors (Lipinski definition) is 1. The summed E-state index contributed by atoms with van der Waals surface area (Å²) in [7, 11) is 0. The van der Waals surface area contributed by atoms with Crippen molar-refractivity contribution in [3.05, 3.63) is 18.2 Å². The van der Waals surface area contributed by atoms with E-state index in [1.165, 1.54) is 12.4 Å². The summed E-state index contributed by atoms with van der Waals surface area (Å²) in [5.41, 5.74) is 0. The van der Waals surface area contributed by atoms with Gasteiger partial charge >= 0.3 is 6.55 Å². The van der Waals surface area contributed by atoms with Crippen LogP contribution in [0.4, 0.5) is 8.78 Å². The minimum atomic E-state index is -2.50. The van der Waals surface area contributed by atoms with Crippen LogP contribution in [0.25, 0.3) is 0 Å². The summed E-state index contributed by atoms with van der Waals surface area (Å²) in [6, 6.07) is 0.406. The Labute approximate surface area is 105 Å². The minimum absolute atomic E-state index is 0. The molecule has 1 aromatic rings. The molecule has 98 valence electrons. The third-order valence-corrected chi connectivity index (χ3v) is 2.78. The molecule has 1 saturated heterocycles. The quantitative estimate of drug-likeness (QED) is 0.900. The average molecular weight is 267 g/mol. The van der Waals surface area contributed by atoms with E-state index in [0.29, 0.717) is 18.4 Å². The molecule has 1 fully saturated rings. The van der Waals surface area contributed by atoms with E-state index in [1.807, 2.05) is 0 Å². The maximum Gasteiger partial charge on any atom is 0.319 e. The van der Waals surface area contributed by atoms with Crippen LogP contribution in [0.15, 0.2) is 12.4 Å². The number of nitrogens with one attached hydrogen (secondary N) is 1. The van der Waals surface area contributed by atoms with E-state index in [4.69, 9.17) is 0 Å². The lowest BCUT2D eigenvalue weighted by Gasteiger charge is -2.31. The number of rotatable bonds is 3. The average Bonchev–Trinajstić information content (AvgIpc) is 2.66. The molecule has 0 radical (unpaired) electrons. The topological polar surface area (TPSA) is 33.1 Å². The van der Waals surface area contributed by atoms with Crippen LogP contribution in [-0.2, 0) is 6.54 Å². The molecular weight excluding hydrogens is 250 g/mol. The Morgan fingerprint density at radius 2 is 2.35 bits per heavy atom. The highest BCUT2D eigenvalue weighted by Gasteiger charge is 2.19. The van der Waals surface area contributed by atoms with E-state index in [9.17, 15) is 8.78 Å². The minimum Gasteiger partial charge on any atom is -0.312 e. The molecule has 0 bridgehead atoms. The van der Waals surface area contributed by atoms with Crippen molar-refractivity contribution in [1.82, 2.24) is 19.8 Å². The molecule has 2 heterocycles. The van der Waals surface area contributed by atoms with E-state index >= 15 is 0 Å². The third kappa shape index (κ3) is 3.62. The molecule has 1 aliphatic heterocycles. The highest BCUT2D eigenvalue weighted by molar-refractivity contribution is 5.85. The van der Waals surface area contributed by atoms with Crippen molar-refractivity contribution in [2.75, 3.05) is 19.6 Å². The molecule has 0 spiro atoms. The number of alkyl halides is 2. The zero-order valence-electron chi connectivity index (χ0n) is 9.64. The molecule has 0 aromatic carbocycles. The van der Waals surface area contributed by atoms with Crippen molar-refractivity contribution in [3.63, 3.8) is 0 Å². The van der Waals surface area contributed by atoms with E-state index in [-0.39, 0.29) is 12.4 Å². The van der Waals surface area contributed by atoms with Gasteiger partial charge in [0, 0.05) is 38.1 Å². The molecule has 4 nitrogen and oxygen atoms in total. The molecule has 1 aliphatic rings. The first-order valence-electron chi connectivity index (χ1n) is 5.42. The molecule has 2 rings (SSSR count). The number of halogens is 3. The Balaban J connectivity index is 0.00000144. The maximum absolute atomic E-state index is 12.6. The summed E-state index contributed by atoms with van der Waals surface area (Å²) in [6.07, 6.45) is 2.75. The number of imidazole rings is 1. The van der Waals surface area contributed by atoms with E-state index in [0.717, 1.165) is 24.2 Å². The summed E-state index contributed by atoms with van der Waals surface area (Å²) in [5.74, 6) is 0.434. The second kappa shape index (κ2) is 6.28. The summed E-state index contributed by atoms with van der Waals surface area (Å²) in [6.45, 7) is 2.72. The summed E-state index contributed by atoms with van der Waals surface area (Å²) >= 11 is 0. The van der Waals surface area contributed by atoms with Crippen molar-refractivity contribution in [3.8, 4) is 0 Å². The van der Waals surface area contributed by atoms with Gasteiger partial charge in [-0.05, 0) is 6.92 Å². The number of aromatic nitrogens is 2. The Hall–Kier alpha value is -0.720. The van der Waals surface area contributed by atoms with Crippen molar-refractivity contribution in [1.29, 1.82) is 0 Å². The van der Waals surface area contributed by atoms with Crippen LogP contribution in [0, 0.1) is 0 Å². The third-order valence-electron chi connectivity index (χ3n) is 2.78. The van der Waals surface area contributed by atoms with Gasteiger partial charge in [-0.3, -0.25) is 9.47 Å². The van der Waals surface area contributed by atoms with Crippen molar-refractivity contribution in [2.24, 2.45) is 0 Å². The Morgan fingerprint density at radius 3 is 3.00 bits per heavy atom. The van der Waals surface area contributed by atoms with Gasteiger partial charge in [0.25, 0.3) is 0 Å². The number of piperazine rings is 1. The molecule has 0 aliphatic carbocycles. The SMILES string of the molecule is C[C@H]1CN(Cc2nccn2C(F)F)CCN1.Cl. The van der Waals surface area contributed by atoms with E-state index in [2.05, 4.69) is 22.1 Å². The van der Waals surface area contributed by atoms with Crippen LogP contribution >= 0.6 is 12.4 Å². The van der Waals surface area contributed by atoms with Crippen LogP contribution in [-0.4, -0.2) is 40.1 Å². The number of hydrogen-bond acceptors (Lipinski definition) is 3. The van der Waals surface area contributed by atoms with E-state index in [1.54, 1.807) is 0 Å². The van der Waals surface area contributed by atoms with Gasteiger partial charge in [0.2, 0.25) is 0 Å². The fraction of sp³-hybridized carbons (Fsp3) is 0.700. The first-order valence-corrected chi connectivity index (χ1v) is 5.42. The van der Waals surface area contributed by atoms with Crippen LogP contribution < -0.4 is 5.32 Å². The van der Waals surface area contributed by atoms with Crippen molar-refractivity contribution < 1.29 is 8.78 Å². The van der Waals surface area contributed by atoms with Gasteiger partial charge in [-0.2, -0.15) is 8.78 Å². The van der Waals surface area contributed by atoms with Gasteiger partial charge < -0.3 is 5.32 Å². The monoisotopic (exact) mass is 266 g/mol. The summed E-state index contributed by atoms with van der Waals surface area (Å²) in [5, 5.41) is 3.31. The van der Waals surface area contributed by atoms with Crippen LogP contribution in [0.1, 0.15) is 19.3 Å². The van der Waals surface area contributed by atoms with Gasteiger partial charge in [-0.1, -0.05) is 0 Å². The van der Waals surface area contributed by atoms with Gasteiger partial charge in [0.15, 0.2) is 0 Å². The molecule has 1 N–H and O–H groups in total.